The van der Waals surface area contributed by atoms with Gasteiger partial charge in [-0.3, -0.25) is 9.59 Å². The second kappa shape index (κ2) is 11.2. The molecule has 7 nitrogen and oxygen atoms in total. The summed E-state index contributed by atoms with van der Waals surface area (Å²) in [6, 6.07) is 17.4. The van der Waals surface area contributed by atoms with E-state index in [1.165, 1.54) is 0 Å². The van der Waals surface area contributed by atoms with Crippen molar-refractivity contribution in [2.45, 2.75) is 46.0 Å². The van der Waals surface area contributed by atoms with Crippen LogP contribution in [0.3, 0.4) is 0 Å². The minimum atomic E-state index is -0.225. The minimum absolute atomic E-state index is 0.0320. The van der Waals surface area contributed by atoms with Gasteiger partial charge in [0.1, 0.15) is 11.6 Å². The molecule has 1 N–H and O–H groups in total. The Hall–Kier alpha value is -3.61. The summed E-state index contributed by atoms with van der Waals surface area (Å²) in [5, 5.41) is 7.86. The average Bonchev–Trinajstić information content (AvgIpc) is 3.52. The lowest BCUT2D eigenvalue weighted by atomic mass is 10.1. The van der Waals surface area contributed by atoms with Crippen LogP contribution >= 0.6 is 0 Å². The van der Waals surface area contributed by atoms with Crippen molar-refractivity contribution in [2.75, 3.05) is 25.5 Å². The maximum Gasteiger partial charge on any atom is 0.245 e. The summed E-state index contributed by atoms with van der Waals surface area (Å²) in [5.41, 5.74) is 3.43. The highest BCUT2D eigenvalue weighted by molar-refractivity contribution is 5.98. The number of aromatic nitrogens is 2. The molecule has 35 heavy (non-hydrogen) atoms. The highest BCUT2D eigenvalue weighted by Crippen LogP contribution is 2.34. The molecule has 4 rings (SSSR count). The first kappa shape index (κ1) is 24.5. The van der Waals surface area contributed by atoms with Crippen LogP contribution in [0.25, 0.3) is 16.8 Å². The van der Waals surface area contributed by atoms with Crippen molar-refractivity contribution in [1.29, 1.82) is 0 Å². The van der Waals surface area contributed by atoms with Crippen molar-refractivity contribution in [3.8, 4) is 22.6 Å². The van der Waals surface area contributed by atoms with Crippen molar-refractivity contribution >= 4 is 17.6 Å². The van der Waals surface area contributed by atoms with Crippen LogP contribution in [0.5, 0.6) is 5.75 Å². The van der Waals surface area contributed by atoms with Crippen LogP contribution in [0, 0.1) is 12.8 Å². The Balaban J connectivity index is 1.65. The van der Waals surface area contributed by atoms with E-state index in [4.69, 9.17) is 9.84 Å². The zero-order chi connectivity index (χ0) is 24.8. The molecule has 2 amide bonds. The average molecular weight is 475 g/mol. The Labute approximate surface area is 207 Å². The third-order valence-electron chi connectivity index (χ3n) is 6.54. The van der Waals surface area contributed by atoms with Gasteiger partial charge in [-0.25, -0.2) is 4.68 Å². The fourth-order valence-corrected chi connectivity index (χ4v) is 4.82. The highest BCUT2D eigenvalue weighted by atomic mass is 16.5. The molecule has 0 aliphatic heterocycles. The molecule has 184 valence electrons. The zero-order valence-electron chi connectivity index (χ0n) is 20.8. The quantitative estimate of drug-likeness (QED) is 0.461. The molecule has 1 aromatic heterocycles. The summed E-state index contributed by atoms with van der Waals surface area (Å²) in [6.07, 6.45) is 4.82. The van der Waals surface area contributed by atoms with E-state index in [1.807, 2.05) is 68.4 Å². The van der Waals surface area contributed by atoms with Crippen LogP contribution < -0.4 is 10.1 Å². The highest BCUT2D eigenvalue weighted by Gasteiger charge is 2.29. The van der Waals surface area contributed by atoms with Crippen molar-refractivity contribution < 1.29 is 14.3 Å². The summed E-state index contributed by atoms with van der Waals surface area (Å²) in [5.74, 6) is 1.25. The number of nitrogens with zero attached hydrogens (tertiary/aromatic N) is 3. The number of benzene rings is 2. The van der Waals surface area contributed by atoms with Crippen molar-refractivity contribution in [3.05, 3.63) is 60.3 Å². The lowest BCUT2D eigenvalue weighted by Gasteiger charge is -2.25. The van der Waals surface area contributed by atoms with Crippen LogP contribution in [0.2, 0.25) is 0 Å². The smallest absolute Gasteiger partial charge is 0.245 e. The van der Waals surface area contributed by atoms with E-state index in [-0.39, 0.29) is 24.3 Å². The fourth-order valence-electron chi connectivity index (χ4n) is 4.82. The van der Waals surface area contributed by atoms with E-state index in [2.05, 4.69) is 5.32 Å². The first-order valence-corrected chi connectivity index (χ1v) is 12.4. The van der Waals surface area contributed by atoms with Gasteiger partial charge in [-0.2, -0.15) is 5.10 Å². The van der Waals surface area contributed by atoms with E-state index < -0.39 is 0 Å². The minimum Gasteiger partial charge on any atom is -0.497 e. The molecule has 0 saturated heterocycles. The number of aryl methyl sites for hydroxylation is 1. The van der Waals surface area contributed by atoms with Crippen LogP contribution in [-0.4, -0.2) is 46.7 Å². The van der Waals surface area contributed by atoms with Gasteiger partial charge in [0.25, 0.3) is 0 Å². The predicted octanol–water partition coefficient (Wildman–Crippen LogP) is 5.22. The van der Waals surface area contributed by atoms with Gasteiger partial charge < -0.3 is 15.0 Å². The zero-order valence-corrected chi connectivity index (χ0v) is 20.8. The first-order valence-electron chi connectivity index (χ1n) is 12.4. The second-order valence-electron chi connectivity index (χ2n) is 9.07. The van der Waals surface area contributed by atoms with Crippen LogP contribution in [0.1, 0.15) is 44.7 Å². The van der Waals surface area contributed by atoms with Crippen LogP contribution in [0.15, 0.2) is 54.6 Å². The number of carbonyl (C=O) groups is 2. The monoisotopic (exact) mass is 474 g/mol. The van der Waals surface area contributed by atoms with Crippen LogP contribution in [-0.2, 0) is 9.59 Å². The molecule has 1 fully saturated rings. The molecule has 0 unspecified atom stereocenters. The normalized spacial score (nSPS) is 13.6. The molecule has 1 aliphatic rings. The van der Waals surface area contributed by atoms with E-state index in [0.717, 1.165) is 60.4 Å². The molecule has 2 aromatic carbocycles. The SMILES string of the molecule is CCCN(CC(=O)Nc1c(-c2ccccc2)c(C)nn1-c1ccc(OC)cc1)C(=O)C1CCCC1. The van der Waals surface area contributed by atoms with Gasteiger partial charge in [0.2, 0.25) is 11.8 Å². The van der Waals surface area contributed by atoms with Crippen molar-refractivity contribution in [1.82, 2.24) is 14.7 Å². The number of nitrogens with one attached hydrogen (secondary N) is 1. The van der Waals surface area contributed by atoms with E-state index in [9.17, 15) is 9.59 Å². The van der Waals surface area contributed by atoms with Gasteiger partial charge >= 0.3 is 0 Å². The number of methoxy groups -OCH3 is 1. The Kier molecular flexibility index (Phi) is 7.85. The lowest BCUT2D eigenvalue weighted by Crippen LogP contribution is -2.41. The Morgan fingerprint density at radius 2 is 1.77 bits per heavy atom. The lowest BCUT2D eigenvalue weighted by molar-refractivity contribution is -0.138. The molecule has 0 spiro atoms. The van der Waals surface area contributed by atoms with E-state index in [0.29, 0.717) is 12.4 Å². The summed E-state index contributed by atoms with van der Waals surface area (Å²) in [7, 11) is 1.63. The van der Waals surface area contributed by atoms with Gasteiger partial charge in [0.15, 0.2) is 0 Å². The third-order valence-corrected chi connectivity index (χ3v) is 6.54. The second-order valence-corrected chi connectivity index (χ2v) is 9.07. The molecule has 0 atom stereocenters. The third kappa shape index (κ3) is 5.56. The Morgan fingerprint density at radius 1 is 1.09 bits per heavy atom. The van der Waals surface area contributed by atoms with Gasteiger partial charge in [0.05, 0.1) is 25.0 Å². The van der Waals surface area contributed by atoms with Crippen LogP contribution in [0.4, 0.5) is 5.82 Å². The van der Waals surface area contributed by atoms with Gasteiger partial charge in [0, 0.05) is 18.0 Å². The molecule has 1 heterocycles. The van der Waals surface area contributed by atoms with Gasteiger partial charge in [-0.15, -0.1) is 0 Å². The number of ether oxygens (including phenoxy) is 1. The summed E-state index contributed by atoms with van der Waals surface area (Å²) in [6.45, 7) is 4.57. The maximum atomic E-state index is 13.3. The molecule has 1 saturated carbocycles. The molecule has 0 radical (unpaired) electrons. The number of carbonyl (C=O) groups excluding carboxylic acids is 2. The van der Waals surface area contributed by atoms with E-state index in [1.54, 1.807) is 16.7 Å². The number of amides is 2. The fraction of sp³-hybridized carbons (Fsp3) is 0.393. The van der Waals surface area contributed by atoms with E-state index >= 15 is 0 Å². The number of anilines is 1. The predicted molar refractivity (Wildman–Crippen MR) is 138 cm³/mol. The summed E-state index contributed by atoms with van der Waals surface area (Å²) < 4.78 is 7.04. The number of hydrogen-bond acceptors (Lipinski definition) is 4. The standard InChI is InChI=1S/C28H34N4O3/c1-4-18-31(28(34)22-12-8-9-13-22)19-25(33)29-27-26(21-10-6-5-7-11-21)20(2)30-32(27)23-14-16-24(35-3)17-15-23/h5-7,10-11,14-17,22H,4,8-9,12-13,18-19H2,1-3H3,(H,29,33). The molecular formula is C28H34N4O3. The molecule has 7 heteroatoms. The summed E-state index contributed by atoms with van der Waals surface area (Å²) in [4.78, 5) is 28.1. The Morgan fingerprint density at radius 3 is 2.40 bits per heavy atom. The molecule has 1 aliphatic carbocycles. The molecule has 3 aromatic rings. The number of rotatable bonds is 9. The van der Waals surface area contributed by atoms with Gasteiger partial charge in [-0.05, 0) is 56.0 Å². The maximum absolute atomic E-state index is 13.3. The van der Waals surface area contributed by atoms with Crippen molar-refractivity contribution in [2.24, 2.45) is 5.92 Å². The summed E-state index contributed by atoms with van der Waals surface area (Å²) >= 11 is 0. The Bertz CT molecular complexity index is 1150. The van der Waals surface area contributed by atoms with Crippen molar-refractivity contribution in [3.63, 3.8) is 0 Å². The largest absolute Gasteiger partial charge is 0.497 e. The first-order chi connectivity index (χ1) is 17.0. The number of hydrogen-bond donors (Lipinski definition) is 1. The molecule has 0 bridgehead atoms. The molecular weight excluding hydrogens is 440 g/mol. The topological polar surface area (TPSA) is 76.5 Å². The van der Waals surface area contributed by atoms with Gasteiger partial charge in [-0.1, -0.05) is 50.1 Å².